The van der Waals surface area contributed by atoms with E-state index in [4.69, 9.17) is 0 Å². The van der Waals surface area contributed by atoms with Crippen molar-refractivity contribution >= 4 is 28.7 Å². The summed E-state index contributed by atoms with van der Waals surface area (Å²) < 4.78 is 0. The molecule has 0 atom stereocenters. The summed E-state index contributed by atoms with van der Waals surface area (Å²) in [7, 11) is 0. The van der Waals surface area contributed by atoms with Gasteiger partial charge >= 0.3 is 0 Å². The maximum absolute atomic E-state index is 10.8. The molecule has 0 amide bonds. The highest BCUT2D eigenvalue weighted by Crippen LogP contribution is 2.26. The second kappa shape index (κ2) is 9.93. The third-order valence-electron chi connectivity index (χ3n) is 6.17. The van der Waals surface area contributed by atoms with E-state index in [1.807, 2.05) is 31.3 Å². The predicted molar refractivity (Wildman–Crippen MR) is 134 cm³/mol. The van der Waals surface area contributed by atoms with Gasteiger partial charge in [-0.25, -0.2) is 9.97 Å². The van der Waals surface area contributed by atoms with E-state index in [1.165, 1.54) is 0 Å². The van der Waals surface area contributed by atoms with Crippen LogP contribution in [-0.2, 0) is 11.3 Å². The Morgan fingerprint density at radius 1 is 0.971 bits per heavy atom. The van der Waals surface area contributed by atoms with Crippen LogP contribution in [0.3, 0.4) is 0 Å². The summed E-state index contributed by atoms with van der Waals surface area (Å²) >= 11 is 0. The van der Waals surface area contributed by atoms with Crippen molar-refractivity contribution in [2.45, 2.75) is 13.5 Å². The molecule has 34 heavy (non-hydrogen) atoms. The number of hydrogen-bond donors (Lipinski definition) is 1. The number of nitrogens with one attached hydrogen (secondary N) is 1. The highest BCUT2D eigenvalue weighted by molar-refractivity contribution is 5.91. The fraction of sp³-hybridized carbons (Fsp3) is 0.269. The van der Waals surface area contributed by atoms with Gasteiger partial charge in [-0.3, -0.25) is 14.9 Å². The smallest absolute Gasteiger partial charge is 0.137 e. The molecule has 0 spiro atoms. The maximum Gasteiger partial charge on any atom is 0.137 e. The van der Waals surface area contributed by atoms with Crippen molar-refractivity contribution in [2.75, 3.05) is 42.9 Å². The molecule has 0 bridgehead atoms. The van der Waals surface area contributed by atoms with Crippen LogP contribution in [0.15, 0.2) is 61.2 Å². The SMILES string of the molecule is Cc1cc(-c2ccc(CNc3ncnc4cc(N5CCN(CC=O)CC5)ccc34)cn2)ccn1. The highest BCUT2D eigenvalue weighted by Gasteiger charge is 2.17. The highest BCUT2D eigenvalue weighted by atomic mass is 16.1. The van der Waals surface area contributed by atoms with Crippen molar-refractivity contribution < 1.29 is 4.79 Å². The van der Waals surface area contributed by atoms with E-state index in [-0.39, 0.29) is 0 Å². The van der Waals surface area contributed by atoms with Crippen LogP contribution in [0.4, 0.5) is 11.5 Å². The number of carbonyl (C=O) groups excluding carboxylic acids is 1. The standard InChI is InChI=1S/C26H27N7O/c1-19-14-21(6-7-27-19)24-5-2-20(16-28-24)17-29-26-23-4-3-22(15-25(23)30-18-31-26)33-10-8-32(9-11-33)12-13-34/h2-7,13-16,18H,8-12,17H2,1H3,(H,29,30,31). The maximum atomic E-state index is 10.8. The molecule has 0 aliphatic carbocycles. The van der Waals surface area contributed by atoms with Gasteiger partial charge in [0.25, 0.3) is 0 Å². The van der Waals surface area contributed by atoms with Crippen LogP contribution in [-0.4, -0.2) is 63.8 Å². The Labute approximate surface area is 198 Å². The van der Waals surface area contributed by atoms with E-state index in [0.717, 1.165) is 77.4 Å². The second-order valence-corrected chi connectivity index (χ2v) is 8.47. The van der Waals surface area contributed by atoms with Crippen LogP contribution in [0.2, 0.25) is 0 Å². The van der Waals surface area contributed by atoms with Crippen molar-refractivity contribution in [3.8, 4) is 11.3 Å². The number of anilines is 2. The van der Waals surface area contributed by atoms with Gasteiger partial charge in [0.05, 0.1) is 17.8 Å². The molecule has 1 aliphatic heterocycles. The van der Waals surface area contributed by atoms with Gasteiger partial charge in [0, 0.05) is 67.4 Å². The zero-order chi connectivity index (χ0) is 23.3. The number of aryl methyl sites for hydroxylation is 1. The lowest BCUT2D eigenvalue weighted by Crippen LogP contribution is -2.46. The van der Waals surface area contributed by atoms with Gasteiger partial charge in [0.2, 0.25) is 0 Å². The van der Waals surface area contributed by atoms with E-state index >= 15 is 0 Å². The number of carbonyl (C=O) groups is 1. The fourth-order valence-electron chi connectivity index (χ4n) is 4.27. The molecule has 172 valence electrons. The van der Waals surface area contributed by atoms with E-state index in [9.17, 15) is 4.79 Å². The Bertz CT molecular complexity index is 1280. The van der Waals surface area contributed by atoms with E-state index in [2.05, 4.69) is 59.3 Å². The Kier molecular flexibility index (Phi) is 6.40. The number of fused-ring (bicyclic) bond motifs is 1. The Balaban J connectivity index is 1.27. The molecule has 1 aliphatic rings. The summed E-state index contributed by atoms with van der Waals surface area (Å²) in [4.78, 5) is 33.1. The average Bonchev–Trinajstić information content (AvgIpc) is 2.88. The molecule has 4 aromatic rings. The van der Waals surface area contributed by atoms with Crippen molar-refractivity contribution in [3.63, 3.8) is 0 Å². The lowest BCUT2D eigenvalue weighted by Gasteiger charge is -2.35. The quantitative estimate of drug-likeness (QED) is 0.427. The molecular formula is C26H27N7O. The molecule has 1 fully saturated rings. The van der Waals surface area contributed by atoms with E-state index < -0.39 is 0 Å². The predicted octanol–water partition coefficient (Wildman–Crippen LogP) is 3.33. The zero-order valence-corrected chi connectivity index (χ0v) is 19.2. The van der Waals surface area contributed by atoms with Gasteiger partial charge in [0.15, 0.2) is 0 Å². The summed E-state index contributed by atoms with van der Waals surface area (Å²) in [6.07, 6.45) is 6.28. The monoisotopic (exact) mass is 453 g/mol. The minimum absolute atomic E-state index is 0.509. The number of pyridine rings is 2. The van der Waals surface area contributed by atoms with Gasteiger partial charge in [-0.1, -0.05) is 6.07 Å². The molecule has 0 saturated carbocycles. The first-order chi connectivity index (χ1) is 16.7. The first kappa shape index (κ1) is 21.9. The zero-order valence-electron chi connectivity index (χ0n) is 19.2. The molecule has 8 heteroatoms. The third kappa shape index (κ3) is 4.87. The molecule has 1 N–H and O–H groups in total. The number of hydrogen-bond acceptors (Lipinski definition) is 8. The average molecular weight is 454 g/mol. The van der Waals surface area contributed by atoms with Crippen molar-refractivity contribution in [1.82, 2.24) is 24.8 Å². The van der Waals surface area contributed by atoms with Gasteiger partial charge in [-0.05, 0) is 48.9 Å². The molecule has 5 rings (SSSR count). The number of piperazine rings is 1. The van der Waals surface area contributed by atoms with E-state index in [0.29, 0.717) is 13.1 Å². The number of aldehydes is 1. The summed E-state index contributed by atoms with van der Waals surface area (Å²) in [5.74, 6) is 0.807. The minimum Gasteiger partial charge on any atom is -0.369 e. The summed E-state index contributed by atoms with van der Waals surface area (Å²) in [6.45, 7) is 6.69. The normalized spacial score (nSPS) is 14.3. The fourth-order valence-corrected chi connectivity index (χ4v) is 4.27. The largest absolute Gasteiger partial charge is 0.369 e. The molecule has 8 nitrogen and oxygen atoms in total. The molecule has 4 heterocycles. The van der Waals surface area contributed by atoms with Crippen LogP contribution >= 0.6 is 0 Å². The van der Waals surface area contributed by atoms with Gasteiger partial charge < -0.3 is 15.0 Å². The molecule has 0 radical (unpaired) electrons. The second-order valence-electron chi connectivity index (χ2n) is 8.47. The minimum atomic E-state index is 0.509. The summed E-state index contributed by atoms with van der Waals surface area (Å²) in [6, 6.07) is 14.4. The number of aromatic nitrogens is 4. The number of benzene rings is 1. The summed E-state index contributed by atoms with van der Waals surface area (Å²) in [5, 5.41) is 4.43. The van der Waals surface area contributed by atoms with Crippen molar-refractivity contribution in [3.05, 3.63) is 72.4 Å². The van der Waals surface area contributed by atoms with Gasteiger partial charge in [-0.15, -0.1) is 0 Å². The lowest BCUT2D eigenvalue weighted by molar-refractivity contribution is -0.108. The first-order valence-corrected chi connectivity index (χ1v) is 11.5. The van der Waals surface area contributed by atoms with Crippen LogP contribution < -0.4 is 10.2 Å². The van der Waals surface area contributed by atoms with Crippen LogP contribution in [0.25, 0.3) is 22.2 Å². The molecule has 1 saturated heterocycles. The van der Waals surface area contributed by atoms with Gasteiger partial charge in [0.1, 0.15) is 18.4 Å². The van der Waals surface area contributed by atoms with Crippen LogP contribution in [0.5, 0.6) is 0 Å². The van der Waals surface area contributed by atoms with Crippen LogP contribution in [0.1, 0.15) is 11.3 Å². The molecule has 0 unspecified atom stereocenters. The Morgan fingerprint density at radius 2 is 1.85 bits per heavy atom. The van der Waals surface area contributed by atoms with Crippen molar-refractivity contribution in [1.29, 1.82) is 0 Å². The molecular weight excluding hydrogens is 426 g/mol. The Morgan fingerprint density at radius 3 is 2.62 bits per heavy atom. The van der Waals surface area contributed by atoms with Crippen LogP contribution in [0, 0.1) is 6.92 Å². The number of rotatable bonds is 7. The molecule has 3 aromatic heterocycles. The topological polar surface area (TPSA) is 87.1 Å². The first-order valence-electron chi connectivity index (χ1n) is 11.5. The lowest BCUT2D eigenvalue weighted by atomic mass is 10.1. The third-order valence-corrected chi connectivity index (χ3v) is 6.17. The van der Waals surface area contributed by atoms with E-state index in [1.54, 1.807) is 12.5 Å². The molecule has 1 aromatic carbocycles. The van der Waals surface area contributed by atoms with Gasteiger partial charge in [-0.2, -0.15) is 0 Å². The summed E-state index contributed by atoms with van der Waals surface area (Å²) in [5.41, 5.74) is 6.10. The number of nitrogens with zero attached hydrogens (tertiary/aromatic N) is 6. The van der Waals surface area contributed by atoms with Crippen molar-refractivity contribution in [2.24, 2.45) is 0 Å². The Hall–Kier alpha value is -3.91.